The SMILES string of the molecule is C1CCC(N2CCNCC2)C1.CC. The third kappa shape index (κ3) is 3.28. The van der Waals surface area contributed by atoms with Gasteiger partial charge in [0.15, 0.2) is 0 Å². The van der Waals surface area contributed by atoms with Gasteiger partial charge in [0, 0.05) is 32.2 Å². The topological polar surface area (TPSA) is 15.3 Å². The molecule has 78 valence electrons. The van der Waals surface area contributed by atoms with Crippen molar-refractivity contribution in [2.45, 2.75) is 45.6 Å². The van der Waals surface area contributed by atoms with Crippen molar-refractivity contribution in [2.75, 3.05) is 26.2 Å². The third-order valence-electron chi connectivity index (χ3n) is 2.99. The van der Waals surface area contributed by atoms with E-state index < -0.39 is 0 Å². The predicted molar refractivity (Wildman–Crippen MR) is 58.0 cm³/mol. The number of nitrogens with zero attached hydrogens (tertiary/aromatic N) is 1. The van der Waals surface area contributed by atoms with Gasteiger partial charge >= 0.3 is 0 Å². The van der Waals surface area contributed by atoms with Gasteiger partial charge in [0.2, 0.25) is 0 Å². The minimum Gasteiger partial charge on any atom is -0.314 e. The van der Waals surface area contributed by atoms with Crippen molar-refractivity contribution in [3.05, 3.63) is 0 Å². The quantitative estimate of drug-likeness (QED) is 0.669. The van der Waals surface area contributed by atoms with Crippen molar-refractivity contribution < 1.29 is 0 Å². The van der Waals surface area contributed by atoms with Crippen molar-refractivity contribution in [1.82, 2.24) is 10.2 Å². The molecular weight excluding hydrogens is 160 g/mol. The highest BCUT2D eigenvalue weighted by molar-refractivity contribution is 4.80. The van der Waals surface area contributed by atoms with E-state index in [-0.39, 0.29) is 0 Å². The van der Waals surface area contributed by atoms with E-state index in [1.54, 1.807) is 0 Å². The van der Waals surface area contributed by atoms with Gasteiger partial charge in [0.25, 0.3) is 0 Å². The Labute approximate surface area is 82.7 Å². The average Bonchev–Trinajstić information content (AvgIpc) is 2.75. The Hall–Kier alpha value is -0.0800. The molecular formula is C11H24N2. The number of nitrogens with one attached hydrogen (secondary N) is 1. The number of rotatable bonds is 1. The summed E-state index contributed by atoms with van der Waals surface area (Å²) in [7, 11) is 0. The number of hydrogen-bond acceptors (Lipinski definition) is 2. The van der Waals surface area contributed by atoms with Crippen LogP contribution in [0.5, 0.6) is 0 Å². The van der Waals surface area contributed by atoms with Gasteiger partial charge in [-0.1, -0.05) is 26.7 Å². The Morgan fingerprint density at radius 3 is 2.08 bits per heavy atom. The van der Waals surface area contributed by atoms with E-state index in [9.17, 15) is 0 Å². The highest BCUT2D eigenvalue weighted by atomic mass is 15.2. The molecule has 2 nitrogen and oxygen atoms in total. The predicted octanol–water partition coefficient (Wildman–Crippen LogP) is 1.86. The van der Waals surface area contributed by atoms with Gasteiger partial charge in [0.05, 0.1) is 0 Å². The maximum absolute atomic E-state index is 3.40. The first-order valence-electron chi connectivity index (χ1n) is 5.91. The largest absolute Gasteiger partial charge is 0.314 e. The third-order valence-corrected chi connectivity index (χ3v) is 2.99. The lowest BCUT2D eigenvalue weighted by molar-refractivity contribution is 0.175. The fourth-order valence-corrected chi connectivity index (χ4v) is 2.32. The van der Waals surface area contributed by atoms with E-state index in [1.165, 1.54) is 51.9 Å². The van der Waals surface area contributed by atoms with Crippen LogP contribution in [0.2, 0.25) is 0 Å². The van der Waals surface area contributed by atoms with Crippen molar-refractivity contribution in [3.63, 3.8) is 0 Å². The van der Waals surface area contributed by atoms with Crippen LogP contribution in [0.3, 0.4) is 0 Å². The molecule has 0 aromatic carbocycles. The molecule has 2 aliphatic rings. The van der Waals surface area contributed by atoms with E-state index in [1.807, 2.05) is 13.8 Å². The smallest absolute Gasteiger partial charge is 0.0110 e. The zero-order chi connectivity index (χ0) is 9.52. The summed E-state index contributed by atoms with van der Waals surface area (Å²) in [5, 5.41) is 3.40. The maximum Gasteiger partial charge on any atom is 0.0110 e. The van der Waals surface area contributed by atoms with Crippen molar-refractivity contribution in [2.24, 2.45) is 0 Å². The zero-order valence-electron chi connectivity index (χ0n) is 9.18. The summed E-state index contributed by atoms with van der Waals surface area (Å²) in [6.45, 7) is 8.97. The van der Waals surface area contributed by atoms with Crippen LogP contribution in [0.1, 0.15) is 39.5 Å². The molecule has 2 rings (SSSR count). The molecule has 0 radical (unpaired) electrons. The minimum atomic E-state index is 0.942. The van der Waals surface area contributed by atoms with Gasteiger partial charge in [-0.05, 0) is 12.8 Å². The second-order valence-corrected chi connectivity index (χ2v) is 3.72. The van der Waals surface area contributed by atoms with Crippen molar-refractivity contribution in [1.29, 1.82) is 0 Å². The fraction of sp³-hybridized carbons (Fsp3) is 1.00. The summed E-state index contributed by atoms with van der Waals surface area (Å²) in [5.74, 6) is 0. The standard InChI is InChI=1S/C9H18N2.C2H6/c1-2-4-9(3-1)11-7-5-10-6-8-11;1-2/h9-10H,1-8H2;1-2H3. The molecule has 13 heavy (non-hydrogen) atoms. The molecule has 1 heterocycles. The molecule has 0 aromatic rings. The van der Waals surface area contributed by atoms with Gasteiger partial charge in [-0.3, -0.25) is 4.90 Å². The summed E-state index contributed by atoms with van der Waals surface area (Å²) in [6, 6.07) is 0.942. The lowest BCUT2D eigenvalue weighted by atomic mass is 10.2. The van der Waals surface area contributed by atoms with Crippen LogP contribution in [0.15, 0.2) is 0 Å². The minimum absolute atomic E-state index is 0.942. The monoisotopic (exact) mass is 184 g/mol. The molecule has 0 atom stereocenters. The second kappa shape index (κ2) is 6.39. The van der Waals surface area contributed by atoms with Crippen LogP contribution in [0, 0.1) is 0 Å². The van der Waals surface area contributed by atoms with Crippen LogP contribution in [0.25, 0.3) is 0 Å². The van der Waals surface area contributed by atoms with Gasteiger partial charge in [-0.15, -0.1) is 0 Å². The van der Waals surface area contributed by atoms with Gasteiger partial charge in [-0.25, -0.2) is 0 Å². The Morgan fingerprint density at radius 1 is 1.00 bits per heavy atom. The van der Waals surface area contributed by atoms with E-state index in [0.29, 0.717) is 0 Å². The van der Waals surface area contributed by atoms with Gasteiger partial charge in [0.1, 0.15) is 0 Å². The molecule has 0 spiro atoms. The molecule has 1 saturated carbocycles. The Balaban J connectivity index is 0.000000396. The summed E-state index contributed by atoms with van der Waals surface area (Å²) in [4.78, 5) is 2.67. The Bertz CT molecular complexity index is 113. The number of hydrogen-bond donors (Lipinski definition) is 1. The molecule has 0 amide bonds. The summed E-state index contributed by atoms with van der Waals surface area (Å²) in [5.41, 5.74) is 0. The number of piperazine rings is 1. The molecule has 0 aromatic heterocycles. The van der Waals surface area contributed by atoms with Crippen LogP contribution in [-0.4, -0.2) is 37.1 Å². The Morgan fingerprint density at radius 2 is 1.54 bits per heavy atom. The van der Waals surface area contributed by atoms with E-state index in [2.05, 4.69) is 10.2 Å². The maximum atomic E-state index is 3.40. The normalized spacial score (nSPS) is 25.4. The first-order chi connectivity index (χ1) is 6.47. The van der Waals surface area contributed by atoms with Crippen LogP contribution in [0.4, 0.5) is 0 Å². The molecule has 1 aliphatic carbocycles. The lowest BCUT2D eigenvalue weighted by Gasteiger charge is -2.32. The first kappa shape index (κ1) is 11.0. The first-order valence-corrected chi connectivity index (χ1v) is 5.91. The van der Waals surface area contributed by atoms with Crippen LogP contribution < -0.4 is 5.32 Å². The second-order valence-electron chi connectivity index (χ2n) is 3.72. The molecule has 2 heteroatoms. The summed E-state index contributed by atoms with van der Waals surface area (Å²) in [6.07, 6.45) is 5.85. The van der Waals surface area contributed by atoms with Crippen LogP contribution in [-0.2, 0) is 0 Å². The molecule has 2 fully saturated rings. The zero-order valence-corrected chi connectivity index (χ0v) is 9.18. The molecule has 0 unspecified atom stereocenters. The lowest BCUT2D eigenvalue weighted by Crippen LogP contribution is -2.47. The van der Waals surface area contributed by atoms with Gasteiger partial charge < -0.3 is 5.32 Å². The summed E-state index contributed by atoms with van der Waals surface area (Å²) < 4.78 is 0. The fourth-order valence-electron chi connectivity index (χ4n) is 2.32. The average molecular weight is 184 g/mol. The van der Waals surface area contributed by atoms with E-state index in [0.717, 1.165) is 6.04 Å². The molecule has 1 N–H and O–H groups in total. The van der Waals surface area contributed by atoms with Crippen molar-refractivity contribution >= 4 is 0 Å². The Kier molecular flexibility index (Phi) is 5.40. The highest BCUT2D eigenvalue weighted by Gasteiger charge is 2.22. The van der Waals surface area contributed by atoms with E-state index in [4.69, 9.17) is 0 Å². The molecule has 1 aliphatic heterocycles. The van der Waals surface area contributed by atoms with Crippen LogP contribution >= 0.6 is 0 Å². The molecule has 0 bridgehead atoms. The van der Waals surface area contributed by atoms with Gasteiger partial charge in [-0.2, -0.15) is 0 Å². The molecule has 1 saturated heterocycles. The highest BCUT2D eigenvalue weighted by Crippen LogP contribution is 2.23. The van der Waals surface area contributed by atoms with Crippen molar-refractivity contribution in [3.8, 4) is 0 Å². The van der Waals surface area contributed by atoms with E-state index >= 15 is 0 Å². The summed E-state index contributed by atoms with van der Waals surface area (Å²) >= 11 is 0.